The number of hydrazone groups is 1. The van der Waals surface area contributed by atoms with Gasteiger partial charge in [0.1, 0.15) is 0 Å². The van der Waals surface area contributed by atoms with Crippen molar-refractivity contribution >= 4 is 34.4 Å². The van der Waals surface area contributed by atoms with Gasteiger partial charge < -0.3 is 4.57 Å². The Morgan fingerprint density at radius 2 is 1.90 bits per heavy atom. The molecule has 2 aromatic heterocycles. The van der Waals surface area contributed by atoms with Gasteiger partial charge in [0, 0.05) is 18.0 Å². The summed E-state index contributed by atoms with van der Waals surface area (Å²) in [6.07, 6.45) is 3.42. The number of amides is 1. The highest BCUT2D eigenvalue weighted by molar-refractivity contribution is 7.99. The summed E-state index contributed by atoms with van der Waals surface area (Å²) in [5, 5.41) is 4.99. The first kappa shape index (κ1) is 20.8. The van der Waals surface area contributed by atoms with Crippen LogP contribution in [0, 0.1) is 6.92 Å². The highest BCUT2D eigenvalue weighted by atomic mass is 32.2. The van der Waals surface area contributed by atoms with Crippen molar-refractivity contribution in [3.05, 3.63) is 89.7 Å². The third-order valence-corrected chi connectivity index (χ3v) is 5.82. The van der Waals surface area contributed by atoms with Crippen LogP contribution in [0.2, 0.25) is 0 Å². The monoisotopic (exact) mass is 429 g/mol. The van der Waals surface area contributed by atoms with E-state index >= 15 is 0 Å². The minimum absolute atomic E-state index is 0.179. The molecule has 1 N–H and O–H groups in total. The van der Waals surface area contributed by atoms with Crippen molar-refractivity contribution in [3.63, 3.8) is 0 Å². The Morgan fingerprint density at radius 3 is 2.68 bits per heavy atom. The van der Waals surface area contributed by atoms with E-state index in [1.165, 1.54) is 22.9 Å². The fourth-order valence-electron chi connectivity index (χ4n) is 3.14. The maximum absolute atomic E-state index is 12.4. The zero-order valence-electron chi connectivity index (χ0n) is 17.4. The molecule has 0 aliphatic heterocycles. The van der Waals surface area contributed by atoms with E-state index in [0.717, 1.165) is 21.8 Å². The number of para-hydroxylation sites is 2. The molecule has 0 fully saturated rings. The number of rotatable bonds is 7. The number of hydrogen-bond acceptors (Lipinski definition) is 5. The molecule has 2 heterocycles. The topological polar surface area (TPSA) is 72.2 Å². The first-order chi connectivity index (χ1) is 15.1. The number of aryl methyl sites for hydroxylation is 1. The number of nitrogens with zero attached hydrogens (tertiary/aromatic N) is 4. The standard InChI is InChI=1S/C24H23N5OS/c1-17-9-11-19(12-10-17)15-29-22-8-4-3-7-21(22)26-24(29)31-16-23(30)28-27-18(2)20-6-5-13-25-14-20/h3-14H,15-16H2,1-2H3,(H,28,30). The van der Waals surface area contributed by atoms with E-state index in [1.807, 2.05) is 37.3 Å². The number of benzene rings is 2. The maximum Gasteiger partial charge on any atom is 0.250 e. The van der Waals surface area contributed by atoms with Gasteiger partial charge in [-0.15, -0.1) is 0 Å². The van der Waals surface area contributed by atoms with Crippen LogP contribution < -0.4 is 5.43 Å². The Balaban J connectivity index is 1.47. The molecule has 0 unspecified atom stereocenters. The minimum atomic E-state index is -0.179. The van der Waals surface area contributed by atoms with Gasteiger partial charge in [-0.2, -0.15) is 5.10 Å². The summed E-state index contributed by atoms with van der Waals surface area (Å²) in [5.41, 5.74) is 8.59. The predicted octanol–water partition coefficient (Wildman–Crippen LogP) is 4.42. The van der Waals surface area contributed by atoms with Crippen LogP contribution in [0.3, 0.4) is 0 Å². The fraction of sp³-hybridized carbons (Fsp3) is 0.167. The molecule has 0 saturated heterocycles. The van der Waals surface area contributed by atoms with E-state index in [4.69, 9.17) is 4.98 Å². The van der Waals surface area contributed by atoms with Gasteiger partial charge in [0.05, 0.1) is 29.0 Å². The Labute approximate surface area is 185 Å². The van der Waals surface area contributed by atoms with E-state index in [0.29, 0.717) is 12.3 Å². The molecule has 0 radical (unpaired) electrons. The molecular formula is C24H23N5OS. The average molecular weight is 430 g/mol. The second kappa shape index (κ2) is 9.57. The summed E-state index contributed by atoms with van der Waals surface area (Å²) < 4.78 is 2.15. The second-order valence-electron chi connectivity index (χ2n) is 7.22. The Morgan fingerprint density at radius 1 is 1.10 bits per heavy atom. The lowest BCUT2D eigenvalue weighted by atomic mass is 10.1. The number of carbonyl (C=O) groups is 1. The second-order valence-corrected chi connectivity index (χ2v) is 8.16. The number of imidazole rings is 1. The summed E-state index contributed by atoms with van der Waals surface area (Å²) in [7, 11) is 0. The molecule has 6 nitrogen and oxygen atoms in total. The molecule has 0 spiro atoms. The van der Waals surface area contributed by atoms with E-state index < -0.39 is 0 Å². The van der Waals surface area contributed by atoms with E-state index in [-0.39, 0.29) is 11.7 Å². The van der Waals surface area contributed by atoms with Gasteiger partial charge in [-0.1, -0.05) is 59.8 Å². The number of hydrogen-bond donors (Lipinski definition) is 1. The van der Waals surface area contributed by atoms with Crippen molar-refractivity contribution in [2.24, 2.45) is 5.10 Å². The lowest BCUT2D eigenvalue weighted by Gasteiger charge is -2.09. The summed E-state index contributed by atoms with van der Waals surface area (Å²) in [6, 6.07) is 20.2. The van der Waals surface area contributed by atoms with E-state index in [9.17, 15) is 4.79 Å². The summed E-state index contributed by atoms with van der Waals surface area (Å²) in [6.45, 7) is 4.61. The summed E-state index contributed by atoms with van der Waals surface area (Å²) >= 11 is 1.41. The average Bonchev–Trinajstić information content (AvgIpc) is 3.15. The van der Waals surface area contributed by atoms with Crippen LogP contribution in [0.25, 0.3) is 11.0 Å². The summed E-state index contributed by atoms with van der Waals surface area (Å²) in [5.74, 6) is 0.0447. The largest absolute Gasteiger partial charge is 0.314 e. The van der Waals surface area contributed by atoms with Crippen LogP contribution in [-0.2, 0) is 11.3 Å². The van der Waals surface area contributed by atoms with Gasteiger partial charge in [-0.25, -0.2) is 10.4 Å². The van der Waals surface area contributed by atoms with Gasteiger partial charge in [-0.3, -0.25) is 9.78 Å². The summed E-state index contributed by atoms with van der Waals surface area (Å²) in [4.78, 5) is 21.2. The maximum atomic E-state index is 12.4. The van der Waals surface area contributed by atoms with E-state index in [1.54, 1.807) is 12.4 Å². The van der Waals surface area contributed by atoms with Crippen LogP contribution in [-0.4, -0.2) is 31.9 Å². The molecule has 0 aliphatic rings. The quantitative estimate of drug-likeness (QED) is 0.268. The van der Waals surface area contributed by atoms with E-state index in [2.05, 4.69) is 57.3 Å². The Hall–Kier alpha value is -3.45. The Bertz CT molecular complexity index is 1220. The number of carbonyl (C=O) groups excluding carboxylic acids is 1. The lowest BCUT2D eigenvalue weighted by molar-refractivity contribution is -0.118. The van der Waals surface area contributed by atoms with Crippen LogP contribution in [0.5, 0.6) is 0 Å². The highest BCUT2D eigenvalue weighted by Gasteiger charge is 2.13. The molecule has 2 aromatic carbocycles. The zero-order chi connectivity index (χ0) is 21.6. The molecule has 4 rings (SSSR count). The molecule has 0 bridgehead atoms. The molecule has 0 saturated carbocycles. The first-order valence-electron chi connectivity index (χ1n) is 9.97. The molecule has 31 heavy (non-hydrogen) atoms. The molecule has 156 valence electrons. The van der Waals surface area contributed by atoms with Crippen LogP contribution in [0.4, 0.5) is 0 Å². The minimum Gasteiger partial charge on any atom is -0.314 e. The number of fused-ring (bicyclic) bond motifs is 1. The van der Waals surface area contributed by atoms with Crippen molar-refractivity contribution in [1.29, 1.82) is 0 Å². The SMILES string of the molecule is CC(=NNC(=O)CSc1nc2ccccc2n1Cc1ccc(C)cc1)c1cccnc1. The number of aromatic nitrogens is 3. The van der Waals surface area contributed by atoms with Crippen LogP contribution in [0.1, 0.15) is 23.6 Å². The fourth-order valence-corrected chi connectivity index (χ4v) is 3.95. The number of nitrogens with one attached hydrogen (secondary N) is 1. The van der Waals surface area contributed by atoms with Crippen molar-refractivity contribution in [2.75, 3.05) is 5.75 Å². The smallest absolute Gasteiger partial charge is 0.250 e. The van der Waals surface area contributed by atoms with Gasteiger partial charge >= 0.3 is 0 Å². The molecule has 4 aromatic rings. The van der Waals surface area contributed by atoms with Gasteiger partial charge in [-0.05, 0) is 37.6 Å². The van der Waals surface area contributed by atoms with Gasteiger partial charge in [0.15, 0.2) is 5.16 Å². The Kier molecular flexibility index (Phi) is 6.43. The van der Waals surface area contributed by atoms with Crippen molar-refractivity contribution in [2.45, 2.75) is 25.5 Å². The predicted molar refractivity (Wildman–Crippen MR) is 125 cm³/mol. The normalized spacial score (nSPS) is 11.6. The van der Waals surface area contributed by atoms with Gasteiger partial charge in [0.25, 0.3) is 5.91 Å². The van der Waals surface area contributed by atoms with Crippen molar-refractivity contribution < 1.29 is 4.79 Å². The highest BCUT2D eigenvalue weighted by Crippen LogP contribution is 2.25. The third-order valence-electron chi connectivity index (χ3n) is 4.84. The third kappa shape index (κ3) is 5.19. The molecule has 0 atom stereocenters. The van der Waals surface area contributed by atoms with Crippen LogP contribution >= 0.6 is 11.8 Å². The van der Waals surface area contributed by atoms with Crippen molar-refractivity contribution in [1.82, 2.24) is 20.0 Å². The first-order valence-corrected chi connectivity index (χ1v) is 11.0. The lowest BCUT2D eigenvalue weighted by Crippen LogP contribution is -2.21. The molecule has 7 heteroatoms. The zero-order valence-corrected chi connectivity index (χ0v) is 18.3. The van der Waals surface area contributed by atoms with Crippen molar-refractivity contribution in [3.8, 4) is 0 Å². The number of thioether (sulfide) groups is 1. The molecule has 1 amide bonds. The molecular weight excluding hydrogens is 406 g/mol. The number of pyridine rings is 1. The van der Waals surface area contributed by atoms with Gasteiger partial charge in [0.2, 0.25) is 0 Å². The van der Waals surface area contributed by atoms with Crippen LogP contribution in [0.15, 0.2) is 83.3 Å². The molecule has 0 aliphatic carbocycles.